The average Bonchev–Trinajstić information content (AvgIpc) is 1.84. The number of rotatable bonds is 5. The van der Waals surface area contributed by atoms with E-state index in [1.807, 2.05) is 0 Å². The number of aliphatic hydroxyl groups excluding tert-OH is 1. The van der Waals surface area contributed by atoms with Gasteiger partial charge >= 0.3 is 0 Å². The van der Waals surface area contributed by atoms with Gasteiger partial charge in [-0.15, -0.1) is 0 Å². The van der Waals surface area contributed by atoms with Crippen molar-refractivity contribution in [3.8, 4) is 0 Å². The summed E-state index contributed by atoms with van der Waals surface area (Å²) >= 11 is 0. The van der Waals surface area contributed by atoms with Crippen molar-refractivity contribution in [2.75, 3.05) is 6.58 Å². The fourth-order valence-corrected chi connectivity index (χ4v) is 0.954. The Morgan fingerprint density at radius 2 is 2.18 bits per heavy atom. The van der Waals surface area contributed by atoms with E-state index >= 15 is 0 Å². The van der Waals surface area contributed by atoms with Crippen LogP contribution in [-0.4, -0.2) is 11.7 Å². The lowest BCUT2D eigenvalue weighted by atomic mass is 10.0. The predicted molar refractivity (Wildman–Crippen MR) is 49.5 cm³/mol. The van der Waals surface area contributed by atoms with Crippen LogP contribution in [0.2, 0.25) is 0 Å². The predicted octanol–water partition coefficient (Wildman–Crippen LogP) is 2.75. The SMILES string of the molecule is [2H][C@@H](O)CC(C)CCC=C(C)C. The van der Waals surface area contributed by atoms with Crippen LogP contribution in [0.4, 0.5) is 0 Å². The smallest absolute Gasteiger partial charge is 0.0564 e. The average molecular weight is 157 g/mol. The van der Waals surface area contributed by atoms with Gasteiger partial charge in [0.25, 0.3) is 0 Å². The van der Waals surface area contributed by atoms with Gasteiger partial charge in [0, 0.05) is 6.58 Å². The topological polar surface area (TPSA) is 20.2 Å². The summed E-state index contributed by atoms with van der Waals surface area (Å²) in [6.07, 6.45) is 4.93. The van der Waals surface area contributed by atoms with Crippen molar-refractivity contribution in [1.29, 1.82) is 0 Å². The van der Waals surface area contributed by atoms with Gasteiger partial charge in [-0.05, 0) is 39.0 Å². The largest absolute Gasteiger partial charge is 0.396 e. The zero-order valence-electron chi connectivity index (χ0n) is 8.80. The maximum absolute atomic E-state index is 8.78. The first-order chi connectivity index (χ1) is 5.52. The Bertz CT molecular complexity index is 137. The minimum absolute atomic E-state index is 0.452. The molecular weight excluding hydrogens is 136 g/mol. The summed E-state index contributed by atoms with van der Waals surface area (Å²) in [6.45, 7) is 5.36. The van der Waals surface area contributed by atoms with E-state index in [2.05, 4.69) is 26.8 Å². The molecule has 66 valence electrons. The van der Waals surface area contributed by atoms with Crippen LogP contribution in [0.5, 0.6) is 0 Å². The molecule has 0 rings (SSSR count). The lowest BCUT2D eigenvalue weighted by Gasteiger charge is -2.06. The molecule has 0 aliphatic carbocycles. The van der Waals surface area contributed by atoms with Crippen LogP contribution in [0.15, 0.2) is 11.6 Å². The van der Waals surface area contributed by atoms with Crippen LogP contribution in [0.3, 0.4) is 0 Å². The highest BCUT2D eigenvalue weighted by Crippen LogP contribution is 2.10. The molecule has 1 nitrogen and oxygen atoms in total. The second kappa shape index (κ2) is 6.41. The summed E-state index contributed by atoms with van der Waals surface area (Å²) in [7, 11) is 0. The van der Waals surface area contributed by atoms with Gasteiger partial charge in [-0.3, -0.25) is 0 Å². The Hall–Kier alpha value is -0.300. The number of hydrogen-bond donors (Lipinski definition) is 1. The van der Waals surface area contributed by atoms with E-state index in [0.29, 0.717) is 12.3 Å². The Morgan fingerprint density at radius 1 is 1.55 bits per heavy atom. The summed E-state index contributed by atoms with van der Waals surface area (Å²) in [4.78, 5) is 0. The molecule has 0 aliphatic heterocycles. The van der Waals surface area contributed by atoms with Crippen molar-refractivity contribution in [3.05, 3.63) is 11.6 Å². The first kappa shape index (κ1) is 8.79. The quantitative estimate of drug-likeness (QED) is 0.608. The first-order valence-corrected chi connectivity index (χ1v) is 4.26. The Kier molecular flexibility index (Phi) is 5.13. The molecule has 0 bridgehead atoms. The summed E-state index contributed by atoms with van der Waals surface area (Å²) < 4.78 is 6.97. The van der Waals surface area contributed by atoms with E-state index in [9.17, 15) is 0 Å². The molecule has 0 heterocycles. The lowest BCUT2D eigenvalue weighted by Crippen LogP contribution is -1.96. The maximum Gasteiger partial charge on any atom is 0.0564 e. The second-order valence-corrected chi connectivity index (χ2v) is 3.38. The van der Waals surface area contributed by atoms with Gasteiger partial charge in [0.05, 0.1) is 1.37 Å². The molecule has 1 N–H and O–H groups in total. The standard InChI is InChI=1S/C10H20O/c1-9(2)5-4-6-10(3)7-8-11/h5,10-11H,4,6-8H2,1-3H3/i8D/t8-,10?/m1/s1. The first-order valence-electron chi connectivity index (χ1n) is 4.83. The molecule has 0 saturated heterocycles. The summed E-state index contributed by atoms with van der Waals surface area (Å²) in [5, 5.41) is 8.78. The molecule has 0 aromatic carbocycles. The number of hydrogen-bond acceptors (Lipinski definition) is 1. The minimum Gasteiger partial charge on any atom is -0.396 e. The maximum atomic E-state index is 8.78. The highest BCUT2D eigenvalue weighted by Gasteiger charge is 1.98. The van der Waals surface area contributed by atoms with E-state index in [1.54, 1.807) is 0 Å². The van der Waals surface area contributed by atoms with E-state index in [4.69, 9.17) is 6.48 Å². The molecule has 0 radical (unpaired) electrons. The lowest BCUT2D eigenvalue weighted by molar-refractivity contribution is 0.259. The highest BCUT2D eigenvalue weighted by molar-refractivity contribution is 4.92. The van der Waals surface area contributed by atoms with Crippen molar-refractivity contribution in [1.82, 2.24) is 0 Å². The van der Waals surface area contributed by atoms with Gasteiger partial charge in [0.1, 0.15) is 0 Å². The Balaban J connectivity index is 3.44. The summed E-state index contributed by atoms with van der Waals surface area (Å²) in [5.74, 6) is 0.452. The molecule has 0 aromatic heterocycles. The molecule has 0 aliphatic rings. The van der Waals surface area contributed by atoms with Crippen LogP contribution in [0.25, 0.3) is 0 Å². The third-order valence-electron chi connectivity index (χ3n) is 1.72. The van der Waals surface area contributed by atoms with E-state index in [1.165, 1.54) is 5.57 Å². The van der Waals surface area contributed by atoms with Gasteiger partial charge in [-0.1, -0.05) is 18.6 Å². The van der Waals surface area contributed by atoms with Gasteiger partial charge < -0.3 is 5.11 Å². The molecule has 0 spiro atoms. The fourth-order valence-electron chi connectivity index (χ4n) is 0.954. The highest BCUT2D eigenvalue weighted by atomic mass is 16.2. The van der Waals surface area contributed by atoms with E-state index < -0.39 is 6.58 Å². The van der Waals surface area contributed by atoms with Crippen LogP contribution >= 0.6 is 0 Å². The number of allylic oxidation sites excluding steroid dienone is 2. The monoisotopic (exact) mass is 157 g/mol. The number of aliphatic hydroxyl groups is 1. The molecule has 0 fully saturated rings. The minimum atomic E-state index is -0.897. The Labute approximate surface area is 71.5 Å². The van der Waals surface area contributed by atoms with Gasteiger partial charge in [0.2, 0.25) is 0 Å². The van der Waals surface area contributed by atoms with Crippen LogP contribution in [0.1, 0.15) is 41.4 Å². The zero-order valence-corrected chi connectivity index (χ0v) is 7.80. The zero-order chi connectivity index (χ0) is 9.56. The molecular formula is C10H20O. The molecule has 2 atom stereocenters. The second-order valence-electron chi connectivity index (χ2n) is 3.38. The van der Waals surface area contributed by atoms with Crippen molar-refractivity contribution in [2.24, 2.45) is 5.92 Å². The molecule has 0 amide bonds. The van der Waals surface area contributed by atoms with Gasteiger partial charge in [-0.25, -0.2) is 0 Å². The van der Waals surface area contributed by atoms with Gasteiger partial charge in [0.15, 0.2) is 0 Å². The molecule has 1 unspecified atom stereocenters. The normalized spacial score (nSPS) is 16.9. The summed E-state index contributed by atoms with van der Waals surface area (Å²) in [5.41, 5.74) is 1.34. The van der Waals surface area contributed by atoms with Crippen molar-refractivity contribution >= 4 is 0 Å². The van der Waals surface area contributed by atoms with Crippen LogP contribution < -0.4 is 0 Å². The van der Waals surface area contributed by atoms with Crippen molar-refractivity contribution < 1.29 is 6.48 Å². The third kappa shape index (κ3) is 7.60. The summed E-state index contributed by atoms with van der Waals surface area (Å²) in [6, 6.07) is 0. The van der Waals surface area contributed by atoms with Crippen molar-refractivity contribution in [2.45, 2.75) is 40.0 Å². The van der Waals surface area contributed by atoms with E-state index in [0.717, 1.165) is 12.8 Å². The van der Waals surface area contributed by atoms with Crippen molar-refractivity contribution in [3.63, 3.8) is 0 Å². The van der Waals surface area contributed by atoms with Crippen LogP contribution in [0, 0.1) is 5.92 Å². The van der Waals surface area contributed by atoms with Crippen LogP contribution in [-0.2, 0) is 0 Å². The molecule has 0 aromatic rings. The molecule has 11 heavy (non-hydrogen) atoms. The molecule has 0 saturated carbocycles. The fraction of sp³-hybridized carbons (Fsp3) is 0.800. The van der Waals surface area contributed by atoms with Gasteiger partial charge in [-0.2, -0.15) is 0 Å². The molecule has 1 heteroatoms. The third-order valence-corrected chi connectivity index (χ3v) is 1.72. The Morgan fingerprint density at radius 3 is 2.64 bits per heavy atom. The van der Waals surface area contributed by atoms with E-state index in [-0.39, 0.29) is 0 Å².